The first-order chi connectivity index (χ1) is 12.8. The SMILES string of the molecule is CCOC(=O)[C@H]1C(=O)C[C@@](C)(O)[C@H](C(=O)OCC)[C@@H]1/C=C/c1ccccc1. The fourth-order valence-electron chi connectivity index (χ4n) is 3.57. The Balaban J connectivity index is 2.48. The van der Waals surface area contributed by atoms with E-state index in [0.29, 0.717) is 0 Å². The average molecular weight is 374 g/mol. The van der Waals surface area contributed by atoms with Crippen LogP contribution in [0.25, 0.3) is 6.08 Å². The molecule has 6 nitrogen and oxygen atoms in total. The van der Waals surface area contributed by atoms with Crippen LogP contribution < -0.4 is 0 Å². The Morgan fingerprint density at radius 1 is 1.15 bits per heavy atom. The van der Waals surface area contributed by atoms with Gasteiger partial charge in [0.2, 0.25) is 0 Å². The number of Topliss-reactive ketones (excluding diaryl/α,β-unsaturated/α-hetero) is 1. The van der Waals surface area contributed by atoms with Gasteiger partial charge in [0, 0.05) is 12.3 Å². The van der Waals surface area contributed by atoms with E-state index in [1.807, 2.05) is 30.3 Å². The number of hydrogen-bond acceptors (Lipinski definition) is 6. The number of rotatable bonds is 6. The fraction of sp³-hybridized carbons (Fsp3) is 0.476. The lowest BCUT2D eigenvalue weighted by Crippen LogP contribution is -2.55. The second-order valence-electron chi connectivity index (χ2n) is 6.81. The van der Waals surface area contributed by atoms with Crippen LogP contribution in [0.2, 0.25) is 0 Å². The van der Waals surface area contributed by atoms with Crippen molar-refractivity contribution in [2.75, 3.05) is 13.2 Å². The molecule has 146 valence electrons. The Morgan fingerprint density at radius 2 is 1.74 bits per heavy atom. The molecule has 0 amide bonds. The molecule has 0 unspecified atom stereocenters. The summed E-state index contributed by atoms with van der Waals surface area (Å²) in [6, 6.07) is 9.30. The first-order valence-corrected chi connectivity index (χ1v) is 9.13. The molecular weight excluding hydrogens is 348 g/mol. The topological polar surface area (TPSA) is 89.9 Å². The number of carbonyl (C=O) groups is 3. The maximum absolute atomic E-state index is 12.6. The second-order valence-corrected chi connectivity index (χ2v) is 6.81. The highest BCUT2D eigenvalue weighted by atomic mass is 16.5. The van der Waals surface area contributed by atoms with Gasteiger partial charge in [-0.2, -0.15) is 0 Å². The van der Waals surface area contributed by atoms with E-state index in [4.69, 9.17) is 9.47 Å². The Labute approximate surface area is 159 Å². The minimum atomic E-state index is -1.61. The zero-order valence-electron chi connectivity index (χ0n) is 15.9. The molecule has 0 bridgehead atoms. The van der Waals surface area contributed by atoms with Crippen molar-refractivity contribution >= 4 is 23.8 Å². The maximum atomic E-state index is 12.6. The van der Waals surface area contributed by atoms with E-state index >= 15 is 0 Å². The van der Waals surface area contributed by atoms with Crippen molar-refractivity contribution in [1.82, 2.24) is 0 Å². The summed E-state index contributed by atoms with van der Waals surface area (Å²) < 4.78 is 10.2. The van der Waals surface area contributed by atoms with Gasteiger partial charge < -0.3 is 14.6 Å². The normalized spacial score (nSPS) is 28.1. The molecule has 1 saturated carbocycles. The van der Waals surface area contributed by atoms with Crippen LogP contribution >= 0.6 is 0 Å². The quantitative estimate of drug-likeness (QED) is 0.607. The van der Waals surface area contributed by atoms with Crippen molar-refractivity contribution in [3.05, 3.63) is 42.0 Å². The highest BCUT2D eigenvalue weighted by molar-refractivity contribution is 6.02. The summed E-state index contributed by atoms with van der Waals surface area (Å²) in [6.07, 6.45) is 3.05. The van der Waals surface area contributed by atoms with Gasteiger partial charge in [-0.05, 0) is 26.3 Å². The zero-order valence-corrected chi connectivity index (χ0v) is 15.9. The van der Waals surface area contributed by atoms with Gasteiger partial charge in [-0.15, -0.1) is 0 Å². The highest BCUT2D eigenvalue weighted by Crippen LogP contribution is 2.42. The summed E-state index contributed by atoms with van der Waals surface area (Å²) in [5, 5.41) is 10.8. The van der Waals surface area contributed by atoms with Crippen LogP contribution in [-0.2, 0) is 23.9 Å². The number of hydrogen-bond donors (Lipinski definition) is 1. The van der Waals surface area contributed by atoms with Crippen LogP contribution in [0.4, 0.5) is 0 Å². The molecule has 0 spiro atoms. The molecule has 0 aromatic heterocycles. The van der Waals surface area contributed by atoms with Gasteiger partial charge in [0.15, 0.2) is 5.78 Å². The fourth-order valence-corrected chi connectivity index (χ4v) is 3.57. The van der Waals surface area contributed by atoms with Gasteiger partial charge in [0.1, 0.15) is 5.92 Å². The number of aliphatic hydroxyl groups is 1. The molecule has 4 atom stereocenters. The summed E-state index contributed by atoms with van der Waals surface area (Å²) in [5.41, 5.74) is -0.765. The van der Waals surface area contributed by atoms with E-state index in [2.05, 4.69) is 0 Å². The Bertz CT molecular complexity index is 707. The molecule has 2 rings (SSSR count). The molecule has 27 heavy (non-hydrogen) atoms. The lowest BCUT2D eigenvalue weighted by molar-refractivity contribution is -0.174. The van der Waals surface area contributed by atoms with Gasteiger partial charge in [-0.3, -0.25) is 14.4 Å². The molecule has 0 heterocycles. The molecule has 1 aliphatic carbocycles. The van der Waals surface area contributed by atoms with Gasteiger partial charge in [0.05, 0.1) is 24.7 Å². The minimum Gasteiger partial charge on any atom is -0.466 e. The third kappa shape index (κ3) is 4.83. The van der Waals surface area contributed by atoms with Crippen LogP contribution in [0, 0.1) is 17.8 Å². The molecule has 0 saturated heterocycles. The lowest BCUT2D eigenvalue weighted by atomic mass is 9.63. The van der Waals surface area contributed by atoms with Crippen molar-refractivity contribution in [2.24, 2.45) is 17.8 Å². The third-order valence-corrected chi connectivity index (χ3v) is 4.71. The van der Waals surface area contributed by atoms with Gasteiger partial charge >= 0.3 is 11.9 Å². The molecule has 1 N–H and O–H groups in total. The lowest BCUT2D eigenvalue weighted by Gasteiger charge is -2.42. The Kier molecular flexibility index (Phi) is 6.91. The molecule has 1 aliphatic rings. The predicted octanol–water partition coefficient (Wildman–Crippen LogP) is 2.40. The third-order valence-electron chi connectivity index (χ3n) is 4.71. The van der Waals surface area contributed by atoms with Crippen LogP contribution in [0.3, 0.4) is 0 Å². The average Bonchev–Trinajstić information content (AvgIpc) is 2.59. The number of benzene rings is 1. The van der Waals surface area contributed by atoms with E-state index in [1.54, 1.807) is 26.0 Å². The van der Waals surface area contributed by atoms with E-state index in [0.717, 1.165) is 5.56 Å². The van der Waals surface area contributed by atoms with Crippen molar-refractivity contribution in [3.63, 3.8) is 0 Å². The molecule has 1 fully saturated rings. The van der Waals surface area contributed by atoms with Gasteiger partial charge in [0.25, 0.3) is 0 Å². The summed E-state index contributed by atoms with van der Waals surface area (Å²) >= 11 is 0. The van der Waals surface area contributed by atoms with Crippen LogP contribution in [0.5, 0.6) is 0 Å². The van der Waals surface area contributed by atoms with Gasteiger partial charge in [-0.25, -0.2) is 0 Å². The molecular formula is C21H26O6. The Morgan fingerprint density at radius 3 is 2.33 bits per heavy atom. The zero-order chi connectivity index (χ0) is 20.0. The summed E-state index contributed by atoms with van der Waals surface area (Å²) in [4.78, 5) is 37.7. The van der Waals surface area contributed by atoms with Crippen LogP contribution in [-0.4, -0.2) is 41.6 Å². The maximum Gasteiger partial charge on any atom is 0.317 e. The number of carbonyl (C=O) groups excluding carboxylic acids is 3. The number of ether oxygens (including phenoxy) is 2. The molecule has 6 heteroatoms. The minimum absolute atomic E-state index is 0.123. The van der Waals surface area contributed by atoms with Crippen molar-refractivity contribution in [2.45, 2.75) is 32.8 Å². The predicted molar refractivity (Wildman–Crippen MR) is 99.5 cm³/mol. The number of esters is 2. The van der Waals surface area contributed by atoms with Crippen molar-refractivity contribution < 1.29 is 29.0 Å². The summed E-state index contributed by atoms with van der Waals surface area (Å²) in [5.74, 6) is -4.83. The molecule has 1 aromatic carbocycles. The van der Waals surface area contributed by atoms with E-state index < -0.39 is 41.1 Å². The number of ketones is 1. The smallest absolute Gasteiger partial charge is 0.317 e. The monoisotopic (exact) mass is 374 g/mol. The number of allylic oxidation sites excluding steroid dienone is 1. The Hall–Kier alpha value is -2.47. The van der Waals surface area contributed by atoms with Crippen molar-refractivity contribution in [1.29, 1.82) is 0 Å². The second kappa shape index (κ2) is 8.95. The molecule has 1 aromatic rings. The first-order valence-electron chi connectivity index (χ1n) is 9.13. The van der Waals surface area contributed by atoms with E-state index in [9.17, 15) is 19.5 Å². The standard InChI is InChI=1S/C21H26O6/c1-4-26-19(23)17-15(12-11-14-9-7-6-8-10-14)18(20(24)27-5-2)21(3,25)13-16(17)22/h6-12,15,17-18,25H,4-5,13H2,1-3H3/b12-11+/t15-,17-,18+,21-/m1/s1. The van der Waals surface area contributed by atoms with E-state index in [1.165, 1.54) is 6.92 Å². The molecule has 0 aliphatic heterocycles. The summed E-state index contributed by atoms with van der Waals surface area (Å²) in [7, 11) is 0. The highest BCUT2D eigenvalue weighted by Gasteiger charge is 2.55. The first kappa shape index (κ1) is 20.8. The van der Waals surface area contributed by atoms with E-state index in [-0.39, 0.29) is 19.6 Å². The van der Waals surface area contributed by atoms with Crippen LogP contribution in [0.15, 0.2) is 36.4 Å². The van der Waals surface area contributed by atoms with Crippen molar-refractivity contribution in [3.8, 4) is 0 Å². The molecule has 0 radical (unpaired) electrons. The largest absolute Gasteiger partial charge is 0.466 e. The van der Waals surface area contributed by atoms with Gasteiger partial charge in [-0.1, -0.05) is 42.5 Å². The van der Waals surface area contributed by atoms with Crippen LogP contribution in [0.1, 0.15) is 32.8 Å². The summed E-state index contributed by atoms with van der Waals surface area (Å²) in [6.45, 7) is 5.01.